The van der Waals surface area contributed by atoms with Gasteiger partial charge in [0.2, 0.25) is 0 Å². The van der Waals surface area contributed by atoms with Gasteiger partial charge in [0.15, 0.2) is 0 Å². The maximum atomic E-state index is 8.57. The summed E-state index contributed by atoms with van der Waals surface area (Å²) in [6, 6.07) is 7.58. The number of benzene rings is 1. The van der Waals surface area contributed by atoms with E-state index in [0.717, 1.165) is 11.4 Å². The maximum Gasteiger partial charge on any atom is 0.0574 e. The third-order valence-electron chi connectivity index (χ3n) is 1.82. The lowest BCUT2D eigenvalue weighted by Gasteiger charge is -2.09. The Labute approximate surface area is 94.6 Å². The molecule has 0 spiro atoms. The van der Waals surface area contributed by atoms with Gasteiger partial charge < -0.3 is 21.1 Å². The van der Waals surface area contributed by atoms with Crippen LogP contribution in [-0.2, 0) is 0 Å². The summed E-state index contributed by atoms with van der Waals surface area (Å²) in [7, 11) is 0. The number of hydrogen-bond acceptors (Lipinski definition) is 6. The summed E-state index contributed by atoms with van der Waals surface area (Å²) in [5.74, 6) is 0. The molecule has 1 aromatic rings. The van der Waals surface area contributed by atoms with E-state index in [4.69, 9.17) is 10.2 Å². The highest BCUT2D eigenvalue weighted by atomic mass is 16.3. The molecular formula is C10H18N4O2. The standard InChI is InChI=1S/C10H18N4O2/c15-7-5-11-13-9-1-2-10(4-3-9)14-12-6-8-16/h1-4,11-16H,5-8H2. The van der Waals surface area contributed by atoms with Crippen LogP contribution in [0.15, 0.2) is 24.3 Å². The van der Waals surface area contributed by atoms with Crippen molar-refractivity contribution in [1.29, 1.82) is 0 Å². The summed E-state index contributed by atoms with van der Waals surface area (Å²) >= 11 is 0. The highest BCUT2D eigenvalue weighted by Crippen LogP contribution is 2.11. The molecule has 6 nitrogen and oxygen atoms in total. The number of hydrogen-bond donors (Lipinski definition) is 6. The van der Waals surface area contributed by atoms with Crippen LogP contribution in [0.25, 0.3) is 0 Å². The summed E-state index contributed by atoms with van der Waals surface area (Å²) < 4.78 is 0. The Morgan fingerprint density at radius 1 is 0.750 bits per heavy atom. The van der Waals surface area contributed by atoms with E-state index in [1.165, 1.54) is 0 Å². The van der Waals surface area contributed by atoms with Crippen LogP contribution in [0.3, 0.4) is 0 Å². The van der Waals surface area contributed by atoms with Gasteiger partial charge in [0, 0.05) is 24.5 Å². The Hall–Kier alpha value is -1.34. The Balaban J connectivity index is 2.30. The second kappa shape index (κ2) is 7.89. The molecule has 0 bridgehead atoms. The van der Waals surface area contributed by atoms with Crippen molar-refractivity contribution in [2.75, 3.05) is 37.2 Å². The third-order valence-corrected chi connectivity index (χ3v) is 1.82. The second-order valence-electron chi connectivity index (χ2n) is 3.13. The van der Waals surface area contributed by atoms with Gasteiger partial charge in [-0.05, 0) is 24.3 Å². The van der Waals surface area contributed by atoms with Crippen LogP contribution in [0, 0.1) is 0 Å². The van der Waals surface area contributed by atoms with Gasteiger partial charge in [0.05, 0.1) is 13.2 Å². The van der Waals surface area contributed by atoms with E-state index in [1.807, 2.05) is 24.3 Å². The summed E-state index contributed by atoms with van der Waals surface area (Å²) in [5, 5.41) is 17.1. The molecule has 1 rings (SSSR count). The minimum absolute atomic E-state index is 0.0950. The fraction of sp³-hybridized carbons (Fsp3) is 0.400. The van der Waals surface area contributed by atoms with E-state index in [-0.39, 0.29) is 13.2 Å². The van der Waals surface area contributed by atoms with Crippen molar-refractivity contribution in [3.05, 3.63) is 24.3 Å². The molecule has 6 heteroatoms. The van der Waals surface area contributed by atoms with Gasteiger partial charge in [-0.1, -0.05) is 0 Å². The van der Waals surface area contributed by atoms with Gasteiger partial charge in [-0.15, -0.1) is 0 Å². The molecule has 0 saturated carbocycles. The summed E-state index contributed by atoms with van der Waals surface area (Å²) in [6.45, 7) is 1.19. The Bertz CT molecular complexity index is 250. The molecule has 90 valence electrons. The average molecular weight is 226 g/mol. The minimum Gasteiger partial charge on any atom is -0.395 e. The highest BCUT2D eigenvalue weighted by molar-refractivity contribution is 5.52. The van der Waals surface area contributed by atoms with Crippen LogP contribution in [0.5, 0.6) is 0 Å². The van der Waals surface area contributed by atoms with Gasteiger partial charge in [-0.25, -0.2) is 10.9 Å². The van der Waals surface area contributed by atoms with Gasteiger partial charge in [0.25, 0.3) is 0 Å². The topological polar surface area (TPSA) is 88.6 Å². The molecule has 0 aliphatic carbocycles. The predicted molar refractivity (Wildman–Crippen MR) is 63.9 cm³/mol. The fourth-order valence-electron chi connectivity index (χ4n) is 1.08. The Morgan fingerprint density at radius 3 is 1.44 bits per heavy atom. The van der Waals surface area contributed by atoms with E-state index >= 15 is 0 Å². The highest BCUT2D eigenvalue weighted by Gasteiger charge is 1.92. The molecule has 0 heterocycles. The molecule has 0 aliphatic rings. The molecule has 0 aromatic heterocycles. The van der Waals surface area contributed by atoms with Crippen LogP contribution in [0.2, 0.25) is 0 Å². The molecule has 0 amide bonds. The molecule has 16 heavy (non-hydrogen) atoms. The molecule has 0 fully saturated rings. The summed E-state index contributed by atoms with van der Waals surface area (Å²) in [6.07, 6.45) is 0. The molecule has 0 saturated heterocycles. The van der Waals surface area contributed by atoms with Gasteiger partial charge in [0.1, 0.15) is 0 Å². The molecule has 0 aliphatic heterocycles. The van der Waals surface area contributed by atoms with Crippen LogP contribution in [0.4, 0.5) is 11.4 Å². The van der Waals surface area contributed by atoms with E-state index in [0.29, 0.717) is 13.1 Å². The lowest BCUT2D eigenvalue weighted by Crippen LogP contribution is -2.25. The van der Waals surface area contributed by atoms with E-state index in [9.17, 15) is 0 Å². The van der Waals surface area contributed by atoms with E-state index < -0.39 is 0 Å². The normalized spacial score (nSPS) is 10.1. The quantitative estimate of drug-likeness (QED) is 0.265. The fourth-order valence-corrected chi connectivity index (χ4v) is 1.08. The lowest BCUT2D eigenvalue weighted by atomic mass is 10.3. The lowest BCUT2D eigenvalue weighted by molar-refractivity contribution is 0.296. The van der Waals surface area contributed by atoms with E-state index in [1.54, 1.807) is 0 Å². The zero-order valence-corrected chi connectivity index (χ0v) is 9.03. The van der Waals surface area contributed by atoms with Gasteiger partial charge >= 0.3 is 0 Å². The van der Waals surface area contributed by atoms with Crippen molar-refractivity contribution < 1.29 is 10.2 Å². The molecule has 6 N–H and O–H groups in total. The number of hydrazine groups is 2. The molecule has 0 atom stereocenters. The van der Waals surface area contributed by atoms with Crippen molar-refractivity contribution in [3.63, 3.8) is 0 Å². The Morgan fingerprint density at radius 2 is 1.12 bits per heavy atom. The minimum atomic E-state index is 0.0950. The van der Waals surface area contributed by atoms with Crippen molar-refractivity contribution >= 4 is 11.4 Å². The van der Waals surface area contributed by atoms with Crippen molar-refractivity contribution in [3.8, 4) is 0 Å². The van der Waals surface area contributed by atoms with Gasteiger partial charge in [-0.3, -0.25) is 0 Å². The first-order chi connectivity index (χ1) is 7.86. The summed E-state index contributed by atoms with van der Waals surface area (Å²) in [5.41, 5.74) is 13.4. The number of aliphatic hydroxyl groups excluding tert-OH is 2. The monoisotopic (exact) mass is 226 g/mol. The predicted octanol–water partition coefficient (Wildman–Crippen LogP) is -0.496. The molecule has 1 aromatic carbocycles. The van der Waals surface area contributed by atoms with Crippen LogP contribution in [0.1, 0.15) is 0 Å². The average Bonchev–Trinajstić information content (AvgIpc) is 2.32. The number of aliphatic hydroxyl groups is 2. The second-order valence-corrected chi connectivity index (χ2v) is 3.13. The van der Waals surface area contributed by atoms with Crippen LogP contribution in [-0.4, -0.2) is 36.5 Å². The SMILES string of the molecule is OCCNNc1ccc(NNCCO)cc1. The molecule has 0 radical (unpaired) electrons. The zero-order valence-electron chi connectivity index (χ0n) is 9.03. The first kappa shape index (κ1) is 12.7. The number of nitrogens with one attached hydrogen (secondary N) is 4. The third kappa shape index (κ3) is 4.94. The van der Waals surface area contributed by atoms with Crippen molar-refractivity contribution in [1.82, 2.24) is 10.9 Å². The van der Waals surface area contributed by atoms with Crippen molar-refractivity contribution in [2.45, 2.75) is 0 Å². The first-order valence-corrected chi connectivity index (χ1v) is 5.16. The summed E-state index contributed by atoms with van der Waals surface area (Å²) in [4.78, 5) is 0. The van der Waals surface area contributed by atoms with Crippen LogP contribution >= 0.6 is 0 Å². The zero-order chi connectivity index (χ0) is 11.6. The number of anilines is 2. The first-order valence-electron chi connectivity index (χ1n) is 5.16. The largest absolute Gasteiger partial charge is 0.395 e. The van der Waals surface area contributed by atoms with Crippen molar-refractivity contribution in [2.24, 2.45) is 0 Å². The van der Waals surface area contributed by atoms with Gasteiger partial charge in [-0.2, -0.15) is 0 Å². The Kier molecular flexibility index (Phi) is 6.28. The van der Waals surface area contributed by atoms with Crippen LogP contribution < -0.4 is 21.7 Å². The smallest absolute Gasteiger partial charge is 0.0574 e. The molecule has 0 unspecified atom stereocenters. The maximum absolute atomic E-state index is 8.57. The number of rotatable bonds is 8. The molecular weight excluding hydrogens is 208 g/mol. The van der Waals surface area contributed by atoms with E-state index in [2.05, 4.69) is 21.7 Å².